The highest BCUT2D eigenvalue weighted by Crippen LogP contribution is 2.16. The highest BCUT2D eigenvalue weighted by Gasteiger charge is 2.16. The fourth-order valence-electron chi connectivity index (χ4n) is 2.32. The molecule has 0 aliphatic carbocycles. The van der Waals surface area contributed by atoms with E-state index in [1.165, 1.54) is 26.2 Å². The zero-order chi connectivity index (χ0) is 21.2. The molecule has 0 aliphatic rings. The van der Waals surface area contributed by atoms with Crippen LogP contribution in [-0.4, -0.2) is 37.7 Å². The van der Waals surface area contributed by atoms with Gasteiger partial charge in [-0.25, -0.2) is 9.59 Å². The van der Waals surface area contributed by atoms with E-state index in [0.717, 1.165) is 0 Å². The summed E-state index contributed by atoms with van der Waals surface area (Å²) in [7, 11) is 1.30. The second-order valence-electron chi connectivity index (χ2n) is 5.97. The molecule has 0 radical (unpaired) electrons. The number of hydrogen-bond acceptors (Lipinski definition) is 6. The van der Waals surface area contributed by atoms with E-state index in [1.807, 2.05) is 6.92 Å². The molecule has 0 saturated carbocycles. The van der Waals surface area contributed by atoms with Gasteiger partial charge in [0.2, 0.25) is 0 Å². The second-order valence-corrected chi connectivity index (χ2v) is 5.97. The number of nitrogens with one attached hydrogen (secondary N) is 1. The van der Waals surface area contributed by atoms with E-state index in [9.17, 15) is 14.4 Å². The Morgan fingerprint density at radius 1 is 1.03 bits per heavy atom. The van der Waals surface area contributed by atoms with Crippen molar-refractivity contribution in [1.82, 2.24) is 0 Å². The predicted octanol–water partition coefficient (Wildman–Crippen LogP) is 3.46. The molecular formula is C22H23NO6. The Bertz CT molecular complexity index is 871. The molecule has 0 aromatic heterocycles. The first kappa shape index (κ1) is 21.7. The molecule has 152 valence electrons. The Balaban J connectivity index is 1.86. The molecule has 1 atom stereocenters. The summed E-state index contributed by atoms with van der Waals surface area (Å²) in [6.07, 6.45) is 1.77. The van der Waals surface area contributed by atoms with Crippen molar-refractivity contribution in [2.24, 2.45) is 0 Å². The fraction of sp³-hybridized carbons (Fsp3) is 0.227. The number of carbonyl (C=O) groups is 3. The molecule has 0 aliphatic heterocycles. The molecule has 2 aromatic rings. The number of hydrogen-bond donors (Lipinski definition) is 1. The maximum absolute atomic E-state index is 12.2. The van der Waals surface area contributed by atoms with E-state index in [4.69, 9.17) is 9.47 Å². The number of amides is 1. The highest BCUT2D eigenvalue weighted by molar-refractivity contribution is 5.96. The number of anilines is 1. The number of carbonyl (C=O) groups excluding carboxylic acids is 3. The maximum atomic E-state index is 12.2. The summed E-state index contributed by atoms with van der Waals surface area (Å²) in [6.45, 7) is 3.93. The van der Waals surface area contributed by atoms with Gasteiger partial charge >= 0.3 is 11.9 Å². The lowest BCUT2D eigenvalue weighted by molar-refractivity contribution is -0.148. The first-order chi connectivity index (χ1) is 13.9. The number of esters is 2. The van der Waals surface area contributed by atoms with Crippen molar-refractivity contribution in [3.05, 3.63) is 65.7 Å². The molecule has 0 saturated heterocycles. The predicted molar refractivity (Wildman–Crippen MR) is 109 cm³/mol. The quantitative estimate of drug-likeness (QED) is 0.542. The van der Waals surface area contributed by atoms with Crippen LogP contribution in [0.3, 0.4) is 0 Å². The van der Waals surface area contributed by atoms with Gasteiger partial charge in [-0.1, -0.05) is 12.1 Å². The minimum Gasteiger partial charge on any atom is -0.494 e. The Hall–Kier alpha value is -3.61. The molecule has 7 heteroatoms. The largest absolute Gasteiger partial charge is 0.494 e. The van der Waals surface area contributed by atoms with Gasteiger partial charge in [0, 0.05) is 11.8 Å². The first-order valence-corrected chi connectivity index (χ1v) is 9.03. The fourth-order valence-corrected chi connectivity index (χ4v) is 2.32. The van der Waals surface area contributed by atoms with Gasteiger partial charge in [-0.05, 0) is 61.9 Å². The second kappa shape index (κ2) is 10.7. The van der Waals surface area contributed by atoms with E-state index in [-0.39, 0.29) is 0 Å². The third kappa shape index (κ3) is 6.80. The van der Waals surface area contributed by atoms with Crippen molar-refractivity contribution < 1.29 is 28.6 Å². The van der Waals surface area contributed by atoms with Crippen molar-refractivity contribution in [2.45, 2.75) is 20.0 Å². The Morgan fingerprint density at radius 3 is 2.28 bits per heavy atom. The van der Waals surface area contributed by atoms with Crippen LogP contribution in [0.4, 0.5) is 5.69 Å². The minimum atomic E-state index is -0.972. The van der Waals surface area contributed by atoms with Gasteiger partial charge in [-0.15, -0.1) is 0 Å². The van der Waals surface area contributed by atoms with Gasteiger partial charge in [0.05, 0.1) is 19.3 Å². The van der Waals surface area contributed by atoms with Gasteiger partial charge in [0.15, 0.2) is 6.10 Å². The van der Waals surface area contributed by atoms with Crippen LogP contribution < -0.4 is 10.1 Å². The lowest BCUT2D eigenvalue weighted by Crippen LogP contribution is -2.29. The maximum Gasteiger partial charge on any atom is 0.337 e. The van der Waals surface area contributed by atoms with Crippen LogP contribution in [0, 0.1) is 0 Å². The van der Waals surface area contributed by atoms with Crippen LogP contribution in [0.25, 0.3) is 6.08 Å². The van der Waals surface area contributed by atoms with Gasteiger partial charge in [0.1, 0.15) is 5.75 Å². The van der Waals surface area contributed by atoms with Crippen molar-refractivity contribution in [3.63, 3.8) is 0 Å². The number of rotatable bonds is 8. The first-order valence-electron chi connectivity index (χ1n) is 9.03. The molecule has 0 unspecified atom stereocenters. The minimum absolute atomic E-state index is 0.409. The molecule has 2 aromatic carbocycles. The molecule has 1 N–H and O–H groups in total. The molecule has 0 bridgehead atoms. The molecule has 0 spiro atoms. The average Bonchev–Trinajstić information content (AvgIpc) is 2.73. The standard InChI is InChI=1S/C22H23NO6/c1-4-28-19-12-10-18(11-13-19)23-21(25)15(2)29-20(24)14-7-16-5-8-17(9-6-16)22(26)27-3/h5-15H,4H2,1-3H3,(H,23,25)/b14-7+/t15-/m1/s1. The van der Waals surface area contributed by atoms with E-state index in [0.29, 0.717) is 29.2 Å². The van der Waals surface area contributed by atoms with Crippen molar-refractivity contribution >= 4 is 29.6 Å². The average molecular weight is 397 g/mol. The van der Waals surface area contributed by atoms with Gasteiger partial charge in [-0.2, -0.15) is 0 Å². The Kier molecular flexibility index (Phi) is 7.97. The topological polar surface area (TPSA) is 90.9 Å². The van der Waals surface area contributed by atoms with E-state index < -0.39 is 23.9 Å². The number of methoxy groups -OCH3 is 1. The van der Waals surface area contributed by atoms with E-state index in [1.54, 1.807) is 48.5 Å². The number of ether oxygens (including phenoxy) is 3. The molecule has 29 heavy (non-hydrogen) atoms. The van der Waals surface area contributed by atoms with Crippen LogP contribution in [0.5, 0.6) is 5.75 Å². The van der Waals surface area contributed by atoms with Gasteiger partial charge < -0.3 is 19.5 Å². The third-order valence-corrected chi connectivity index (χ3v) is 3.84. The summed E-state index contributed by atoms with van der Waals surface area (Å²) >= 11 is 0. The van der Waals surface area contributed by atoms with Crippen LogP contribution in [0.2, 0.25) is 0 Å². The summed E-state index contributed by atoms with van der Waals surface area (Å²) in [5.41, 5.74) is 1.68. The van der Waals surface area contributed by atoms with Gasteiger partial charge in [-0.3, -0.25) is 4.79 Å². The molecule has 2 rings (SSSR count). The lowest BCUT2D eigenvalue weighted by atomic mass is 10.1. The Labute approximate surface area is 169 Å². The molecule has 0 heterocycles. The van der Waals surface area contributed by atoms with Crippen LogP contribution in [0.1, 0.15) is 29.8 Å². The van der Waals surface area contributed by atoms with E-state index >= 15 is 0 Å². The molecule has 7 nitrogen and oxygen atoms in total. The smallest absolute Gasteiger partial charge is 0.337 e. The third-order valence-electron chi connectivity index (χ3n) is 3.84. The molecule has 1 amide bonds. The van der Waals surface area contributed by atoms with E-state index in [2.05, 4.69) is 10.1 Å². The summed E-state index contributed by atoms with van der Waals surface area (Å²) in [5, 5.41) is 2.67. The summed E-state index contributed by atoms with van der Waals surface area (Å²) < 4.78 is 15.1. The SMILES string of the molecule is CCOc1ccc(NC(=O)[C@@H](C)OC(=O)/C=C/c2ccc(C(=O)OC)cc2)cc1. The zero-order valence-electron chi connectivity index (χ0n) is 16.5. The summed E-state index contributed by atoms with van der Waals surface area (Å²) in [5.74, 6) is -0.836. The highest BCUT2D eigenvalue weighted by atomic mass is 16.5. The summed E-state index contributed by atoms with van der Waals surface area (Å²) in [4.78, 5) is 35.5. The molecular weight excluding hydrogens is 374 g/mol. The molecule has 0 fully saturated rings. The van der Waals surface area contributed by atoms with Crippen molar-refractivity contribution in [3.8, 4) is 5.75 Å². The number of benzene rings is 2. The van der Waals surface area contributed by atoms with Crippen molar-refractivity contribution in [1.29, 1.82) is 0 Å². The monoisotopic (exact) mass is 397 g/mol. The summed E-state index contributed by atoms with van der Waals surface area (Å²) in [6, 6.07) is 13.4. The normalized spacial score (nSPS) is 11.6. The van der Waals surface area contributed by atoms with Gasteiger partial charge in [0.25, 0.3) is 5.91 Å². The zero-order valence-corrected chi connectivity index (χ0v) is 16.5. The van der Waals surface area contributed by atoms with Crippen LogP contribution in [0.15, 0.2) is 54.6 Å². The van der Waals surface area contributed by atoms with Crippen LogP contribution >= 0.6 is 0 Å². The lowest BCUT2D eigenvalue weighted by Gasteiger charge is -2.12. The Morgan fingerprint density at radius 2 is 1.69 bits per heavy atom. The van der Waals surface area contributed by atoms with Crippen molar-refractivity contribution in [2.75, 3.05) is 19.0 Å². The van der Waals surface area contributed by atoms with Crippen LogP contribution in [-0.2, 0) is 19.1 Å².